The quantitative estimate of drug-likeness (QED) is 0.483. The van der Waals surface area contributed by atoms with Gasteiger partial charge in [0.15, 0.2) is 0 Å². The predicted molar refractivity (Wildman–Crippen MR) is 52.2 cm³/mol. The monoisotopic (exact) mass is 190 g/mol. The van der Waals surface area contributed by atoms with E-state index in [1.165, 1.54) is 18.3 Å². The molecule has 2 rings (SSSR count). The number of benzene rings is 1. The van der Waals surface area contributed by atoms with Crippen molar-refractivity contribution >= 4 is 23.4 Å². The van der Waals surface area contributed by atoms with Crippen LogP contribution in [-0.4, -0.2) is 27.4 Å². The number of rotatable bonds is 1. The van der Waals surface area contributed by atoms with E-state index in [4.69, 9.17) is 10.0 Å². The molecular formula is C8H7BN2O3. The normalized spacial score (nSPS) is 10.4. The van der Waals surface area contributed by atoms with Crippen LogP contribution in [0.1, 0.15) is 0 Å². The minimum atomic E-state index is -1.56. The zero-order valence-corrected chi connectivity index (χ0v) is 7.14. The summed E-state index contributed by atoms with van der Waals surface area (Å²) in [4.78, 5) is 11.3. The van der Waals surface area contributed by atoms with Crippen molar-refractivity contribution in [2.24, 2.45) is 0 Å². The van der Waals surface area contributed by atoms with Gasteiger partial charge in [-0.25, -0.2) is 5.10 Å². The molecule has 70 valence electrons. The Morgan fingerprint density at radius 2 is 2.14 bits per heavy atom. The molecule has 3 N–H and O–H groups in total. The molecular weight excluding hydrogens is 183 g/mol. The number of hydrogen-bond acceptors (Lipinski definition) is 4. The number of nitrogens with zero attached hydrogens (tertiary/aromatic N) is 1. The van der Waals surface area contributed by atoms with Gasteiger partial charge in [0.05, 0.1) is 6.20 Å². The van der Waals surface area contributed by atoms with Gasteiger partial charge in [-0.05, 0) is 11.5 Å². The second-order valence-electron chi connectivity index (χ2n) is 2.92. The molecule has 1 aromatic carbocycles. The number of hydrogen-bond donors (Lipinski definition) is 3. The largest absolute Gasteiger partial charge is 0.488 e. The molecule has 1 aromatic heterocycles. The van der Waals surface area contributed by atoms with Gasteiger partial charge >= 0.3 is 7.12 Å². The van der Waals surface area contributed by atoms with Gasteiger partial charge < -0.3 is 10.0 Å². The van der Waals surface area contributed by atoms with Crippen LogP contribution in [0, 0.1) is 0 Å². The predicted octanol–water partition coefficient (Wildman–Crippen LogP) is -1.40. The molecule has 0 unspecified atom stereocenters. The van der Waals surface area contributed by atoms with Crippen LogP contribution in [0.2, 0.25) is 0 Å². The van der Waals surface area contributed by atoms with E-state index in [2.05, 4.69) is 10.2 Å². The molecule has 0 bridgehead atoms. The van der Waals surface area contributed by atoms with Crippen molar-refractivity contribution in [3.63, 3.8) is 0 Å². The highest BCUT2D eigenvalue weighted by Crippen LogP contribution is 2.04. The summed E-state index contributed by atoms with van der Waals surface area (Å²) in [6.07, 6.45) is 1.50. The Bertz CT molecular complexity index is 523. The SMILES string of the molecule is O=c1[nH]ncc2ccc(B(O)O)cc12. The van der Waals surface area contributed by atoms with Crippen LogP contribution in [0.4, 0.5) is 0 Å². The summed E-state index contributed by atoms with van der Waals surface area (Å²) in [7, 11) is -1.56. The van der Waals surface area contributed by atoms with Crippen LogP contribution in [0.3, 0.4) is 0 Å². The van der Waals surface area contributed by atoms with Crippen LogP contribution in [0.15, 0.2) is 29.2 Å². The fourth-order valence-electron chi connectivity index (χ4n) is 1.26. The lowest BCUT2D eigenvalue weighted by atomic mass is 9.80. The van der Waals surface area contributed by atoms with E-state index in [0.29, 0.717) is 10.8 Å². The van der Waals surface area contributed by atoms with Gasteiger partial charge in [0.2, 0.25) is 0 Å². The van der Waals surface area contributed by atoms with Crippen molar-refractivity contribution in [3.05, 3.63) is 34.7 Å². The maximum absolute atomic E-state index is 11.3. The van der Waals surface area contributed by atoms with Gasteiger partial charge in [0.1, 0.15) is 0 Å². The fourth-order valence-corrected chi connectivity index (χ4v) is 1.26. The van der Waals surface area contributed by atoms with E-state index in [1.54, 1.807) is 6.07 Å². The second kappa shape index (κ2) is 3.24. The third kappa shape index (κ3) is 1.41. The lowest BCUT2D eigenvalue weighted by Crippen LogP contribution is -2.30. The molecule has 0 saturated heterocycles. The molecule has 0 spiro atoms. The van der Waals surface area contributed by atoms with Gasteiger partial charge in [0.25, 0.3) is 5.56 Å². The Kier molecular flexibility index (Phi) is 2.07. The fraction of sp³-hybridized carbons (Fsp3) is 0. The Morgan fingerprint density at radius 1 is 1.36 bits per heavy atom. The average Bonchev–Trinajstić information content (AvgIpc) is 2.18. The second-order valence-corrected chi connectivity index (χ2v) is 2.92. The van der Waals surface area contributed by atoms with Crippen molar-refractivity contribution in [1.29, 1.82) is 0 Å². The number of nitrogens with one attached hydrogen (secondary N) is 1. The van der Waals surface area contributed by atoms with E-state index in [1.807, 2.05) is 0 Å². The maximum atomic E-state index is 11.3. The third-order valence-electron chi connectivity index (χ3n) is 1.99. The van der Waals surface area contributed by atoms with Crippen molar-refractivity contribution in [2.45, 2.75) is 0 Å². The summed E-state index contributed by atoms with van der Waals surface area (Å²) in [5, 5.41) is 24.8. The summed E-state index contributed by atoms with van der Waals surface area (Å²) in [6.45, 7) is 0. The molecule has 0 amide bonds. The van der Waals surface area contributed by atoms with Gasteiger partial charge in [0, 0.05) is 10.8 Å². The molecule has 0 aliphatic heterocycles. The van der Waals surface area contributed by atoms with Gasteiger partial charge in [-0.3, -0.25) is 4.79 Å². The molecule has 0 aliphatic carbocycles. The van der Waals surface area contributed by atoms with Crippen LogP contribution in [-0.2, 0) is 0 Å². The van der Waals surface area contributed by atoms with Crippen molar-refractivity contribution < 1.29 is 10.0 Å². The van der Waals surface area contributed by atoms with Crippen LogP contribution < -0.4 is 11.0 Å². The number of aromatic nitrogens is 2. The Morgan fingerprint density at radius 3 is 2.86 bits per heavy atom. The van der Waals surface area contributed by atoms with E-state index in [-0.39, 0.29) is 11.0 Å². The zero-order chi connectivity index (χ0) is 10.1. The molecule has 2 aromatic rings. The topological polar surface area (TPSA) is 86.2 Å². The van der Waals surface area contributed by atoms with Gasteiger partial charge in [-0.15, -0.1) is 0 Å². The molecule has 0 fully saturated rings. The molecule has 0 aliphatic rings. The van der Waals surface area contributed by atoms with E-state index in [9.17, 15) is 4.79 Å². The van der Waals surface area contributed by atoms with E-state index >= 15 is 0 Å². The Hall–Kier alpha value is -1.66. The van der Waals surface area contributed by atoms with E-state index in [0.717, 1.165) is 0 Å². The highest BCUT2D eigenvalue weighted by molar-refractivity contribution is 6.58. The number of H-pyrrole nitrogens is 1. The maximum Gasteiger partial charge on any atom is 0.488 e. The summed E-state index contributed by atoms with van der Waals surface area (Å²) >= 11 is 0. The van der Waals surface area contributed by atoms with Crippen LogP contribution in [0.5, 0.6) is 0 Å². The average molecular weight is 190 g/mol. The van der Waals surface area contributed by atoms with Gasteiger partial charge in [-0.1, -0.05) is 12.1 Å². The van der Waals surface area contributed by atoms with Crippen molar-refractivity contribution in [1.82, 2.24) is 10.2 Å². The van der Waals surface area contributed by atoms with Crippen molar-refractivity contribution in [3.8, 4) is 0 Å². The minimum Gasteiger partial charge on any atom is -0.423 e. The molecule has 1 heterocycles. The molecule has 0 saturated carbocycles. The molecule has 0 radical (unpaired) electrons. The highest BCUT2D eigenvalue weighted by Gasteiger charge is 2.11. The minimum absolute atomic E-state index is 0.286. The number of fused-ring (bicyclic) bond motifs is 1. The summed E-state index contributed by atoms with van der Waals surface area (Å²) in [6, 6.07) is 4.58. The van der Waals surface area contributed by atoms with E-state index < -0.39 is 7.12 Å². The van der Waals surface area contributed by atoms with Crippen LogP contribution >= 0.6 is 0 Å². The molecule has 5 nitrogen and oxygen atoms in total. The Labute approximate surface area is 79.2 Å². The first kappa shape index (κ1) is 8.92. The molecule has 6 heteroatoms. The smallest absolute Gasteiger partial charge is 0.423 e. The summed E-state index contributed by atoms with van der Waals surface area (Å²) < 4.78 is 0. The van der Waals surface area contributed by atoms with Crippen LogP contribution in [0.25, 0.3) is 10.8 Å². The number of aromatic amines is 1. The molecule has 14 heavy (non-hydrogen) atoms. The first-order valence-corrected chi connectivity index (χ1v) is 4.02. The lowest BCUT2D eigenvalue weighted by molar-refractivity contribution is 0.426. The lowest BCUT2D eigenvalue weighted by Gasteiger charge is -2.00. The standard InChI is InChI=1S/C8H7BN2O3/c12-8-7-3-6(9(13)14)2-1-5(7)4-10-11-8/h1-4,13-14H,(H,11,12). The third-order valence-corrected chi connectivity index (χ3v) is 1.99. The first-order valence-electron chi connectivity index (χ1n) is 4.02. The Balaban J connectivity index is 2.76. The van der Waals surface area contributed by atoms with Crippen molar-refractivity contribution in [2.75, 3.05) is 0 Å². The first-order chi connectivity index (χ1) is 6.68. The summed E-state index contributed by atoms with van der Waals surface area (Å²) in [5.74, 6) is 0. The highest BCUT2D eigenvalue weighted by atomic mass is 16.4. The molecule has 0 atom stereocenters. The zero-order valence-electron chi connectivity index (χ0n) is 7.14. The van der Waals surface area contributed by atoms with Gasteiger partial charge in [-0.2, -0.15) is 5.10 Å². The summed E-state index contributed by atoms with van der Waals surface area (Å²) in [5.41, 5.74) is -0.0563.